The van der Waals surface area contributed by atoms with Gasteiger partial charge in [0, 0.05) is 0 Å². The van der Waals surface area contributed by atoms with Crippen LogP contribution < -0.4 is 0 Å². The van der Waals surface area contributed by atoms with Crippen molar-refractivity contribution < 1.29 is 35.1 Å². The normalized spacial score (nSPS) is 34.3. The average molecular weight is 224 g/mol. The molecule has 0 bridgehead atoms. The minimum absolute atomic E-state index is 2.43. The van der Waals surface area contributed by atoms with Crippen LogP contribution in [0, 0.1) is 0 Å². The van der Waals surface area contributed by atoms with E-state index in [9.17, 15) is 35.1 Å². The van der Waals surface area contributed by atoms with Crippen molar-refractivity contribution in [2.75, 3.05) is 0 Å². The Morgan fingerprint density at radius 3 is 0.714 bits per heavy atom. The summed E-state index contributed by atoms with van der Waals surface area (Å²) in [6.45, 7) is 0. The fourth-order valence-electron chi connectivity index (χ4n) is 1.53. The first-order chi connectivity index (χ1) is 5.99. The summed E-state index contributed by atoms with van der Waals surface area (Å²) < 4.78 is 97.8. The number of halogens is 8. The second-order valence-electron chi connectivity index (χ2n) is 3.05. The molecule has 0 fully saturated rings. The first-order valence-electron chi connectivity index (χ1n) is 3.26. The molecule has 0 aromatic heterocycles. The zero-order chi connectivity index (χ0) is 11.2. The minimum atomic E-state index is -5.16. The summed E-state index contributed by atoms with van der Waals surface area (Å²) in [6.07, 6.45) is 0. The van der Waals surface area contributed by atoms with Gasteiger partial charge in [0.05, 0.1) is 11.1 Å². The van der Waals surface area contributed by atoms with E-state index in [0.29, 0.717) is 0 Å². The highest BCUT2D eigenvalue weighted by molar-refractivity contribution is 5.62. The Bertz CT molecular complexity index is 283. The molecule has 0 N–H and O–H groups in total. The van der Waals surface area contributed by atoms with E-state index in [4.69, 9.17) is 0 Å². The molecule has 0 nitrogen and oxygen atoms in total. The first kappa shape index (κ1) is 9.72. The molecule has 2 aliphatic rings. The summed E-state index contributed by atoms with van der Waals surface area (Å²) in [6, 6.07) is 0. The van der Waals surface area contributed by atoms with Crippen LogP contribution in [0.2, 0.25) is 0 Å². The number of hydrogen-bond donors (Lipinski definition) is 0. The molecule has 0 radical (unpaired) electrons. The third-order valence-corrected chi connectivity index (χ3v) is 2.29. The molecule has 0 spiro atoms. The summed E-state index contributed by atoms with van der Waals surface area (Å²) in [4.78, 5) is 0. The van der Waals surface area contributed by atoms with Crippen molar-refractivity contribution in [1.29, 1.82) is 0 Å². The van der Waals surface area contributed by atoms with Crippen molar-refractivity contribution in [1.82, 2.24) is 0 Å². The zero-order valence-electron chi connectivity index (χ0n) is 6.02. The van der Waals surface area contributed by atoms with Crippen LogP contribution in [0.15, 0.2) is 11.1 Å². The molecule has 2 aliphatic carbocycles. The number of hydrogen-bond acceptors (Lipinski definition) is 0. The Morgan fingerprint density at radius 2 is 0.571 bits per heavy atom. The zero-order valence-corrected chi connectivity index (χ0v) is 6.02. The number of rotatable bonds is 0. The number of allylic oxidation sites excluding steroid dienone is 2. The maximum absolute atomic E-state index is 12.2. The Hall–Kier alpha value is -0.820. The van der Waals surface area contributed by atoms with Crippen molar-refractivity contribution in [2.24, 2.45) is 0 Å². The Balaban J connectivity index is 2.61. The van der Waals surface area contributed by atoms with Gasteiger partial charge in [0.2, 0.25) is 0 Å². The van der Waals surface area contributed by atoms with Crippen LogP contribution in [0.5, 0.6) is 0 Å². The molecule has 0 atom stereocenters. The van der Waals surface area contributed by atoms with E-state index in [2.05, 4.69) is 0 Å². The quantitative estimate of drug-likeness (QED) is 0.438. The summed E-state index contributed by atoms with van der Waals surface area (Å²) in [5.74, 6) is -20.6. The molecule has 0 saturated heterocycles. The van der Waals surface area contributed by atoms with Gasteiger partial charge in [-0.15, -0.1) is 0 Å². The predicted octanol–water partition coefficient (Wildman–Crippen LogP) is 2.85. The van der Waals surface area contributed by atoms with E-state index in [-0.39, 0.29) is 0 Å². The summed E-state index contributed by atoms with van der Waals surface area (Å²) >= 11 is 0. The van der Waals surface area contributed by atoms with Gasteiger partial charge in [-0.05, 0) is 0 Å². The Morgan fingerprint density at radius 1 is 0.429 bits per heavy atom. The molecule has 0 amide bonds. The highest BCUT2D eigenvalue weighted by Crippen LogP contribution is 2.74. The molecule has 0 aromatic carbocycles. The van der Waals surface area contributed by atoms with E-state index < -0.39 is 34.8 Å². The van der Waals surface area contributed by atoms with Gasteiger partial charge in [-0.3, -0.25) is 0 Å². The van der Waals surface area contributed by atoms with Gasteiger partial charge in [-0.25, -0.2) is 0 Å². The van der Waals surface area contributed by atoms with Gasteiger partial charge in [-0.1, -0.05) is 0 Å². The maximum Gasteiger partial charge on any atom is 0.342 e. The Kier molecular flexibility index (Phi) is 1.24. The average Bonchev–Trinajstić information content (AvgIpc) is 1.97. The molecule has 0 unspecified atom stereocenters. The molecule has 8 heteroatoms. The van der Waals surface area contributed by atoms with Gasteiger partial charge in [0.25, 0.3) is 0 Å². The van der Waals surface area contributed by atoms with Gasteiger partial charge in [-0.2, -0.15) is 35.1 Å². The maximum atomic E-state index is 12.2. The lowest BCUT2D eigenvalue weighted by Gasteiger charge is -2.54. The smallest absolute Gasteiger partial charge is 0.194 e. The van der Waals surface area contributed by atoms with Crippen molar-refractivity contribution in [2.45, 2.75) is 23.7 Å². The standard InChI is InChI=1S/C6F8/c7-3(8)1-2(5(3,11)12)6(13,14)4(1,9)10. The highest BCUT2D eigenvalue weighted by Gasteiger charge is 2.93. The molecule has 0 heterocycles. The fraction of sp³-hybridized carbons (Fsp3) is 0.667. The lowest BCUT2D eigenvalue weighted by Crippen LogP contribution is -2.75. The molecule has 0 aliphatic heterocycles. The monoisotopic (exact) mass is 224 g/mol. The molecule has 0 saturated carbocycles. The van der Waals surface area contributed by atoms with Crippen molar-refractivity contribution >= 4 is 0 Å². The van der Waals surface area contributed by atoms with Crippen molar-refractivity contribution in [3.05, 3.63) is 11.1 Å². The van der Waals surface area contributed by atoms with Crippen LogP contribution in [-0.4, -0.2) is 23.7 Å². The topological polar surface area (TPSA) is 0 Å². The molecular weight excluding hydrogens is 224 g/mol. The fourth-order valence-corrected chi connectivity index (χ4v) is 1.53. The highest BCUT2D eigenvalue weighted by atomic mass is 19.3. The second-order valence-corrected chi connectivity index (χ2v) is 3.05. The van der Waals surface area contributed by atoms with E-state index >= 15 is 0 Å². The van der Waals surface area contributed by atoms with Gasteiger partial charge < -0.3 is 0 Å². The van der Waals surface area contributed by atoms with E-state index in [1.165, 1.54) is 0 Å². The van der Waals surface area contributed by atoms with Crippen LogP contribution in [-0.2, 0) is 0 Å². The van der Waals surface area contributed by atoms with Crippen molar-refractivity contribution in [3.63, 3.8) is 0 Å². The second kappa shape index (κ2) is 1.79. The summed E-state index contributed by atoms with van der Waals surface area (Å²) in [7, 11) is 0. The lowest BCUT2D eigenvalue weighted by molar-refractivity contribution is -0.314. The Labute approximate surface area is 71.2 Å². The van der Waals surface area contributed by atoms with E-state index in [1.54, 1.807) is 0 Å². The van der Waals surface area contributed by atoms with Crippen LogP contribution in [0.25, 0.3) is 0 Å². The SMILES string of the molecule is FC1(F)C2=C(C1(F)F)C(F)(F)C2(F)F. The third kappa shape index (κ3) is 0.568. The minimum Gasteiger partial charge on any atom is -0.194 e. The molecule has 14 heavy (non-hydrogen) atoms. The van der Waals surface area contributed by atoms with Gasteiger partial charge in [0.1, 0.15) is 0 Å². The van der Waals surface area contributed by atoms with Crippen LogP contribution in [0.1, 0.15) is 0 Å². The molecule has 2 rings (SSSR count). The van der Waals surface area contributed by atoms with E-state index in [0.717, 1.165) is 0 Å². The first-order valence-corrected chi connectivity index (χ1v) is 3.26. The van der Waals surface area contributed by atoms with Crippen LogP contribution in [0.4, 0.5) is 35.1 Å². The van der Waals surface area contributed by atoms with Gasteiger partial charge >= 0.3 is 23.7 Å². The molecule has 0 aromatic rings. The van der Waals surface area contributed by atoms with E-state index in [1.807, 2.05) is 0 Å². The summed E-state index contributed by atoms with van der Waals surface area (Å²) in [5, 5.41) is 0. The van der Waals surface area contributed by atoms with Crippen molar-refractivity contribution in [3.8, 4) is 0 Å². The third-order valence-electron chi connectivity index (χ3n) is 2.29. The predicted molar refractivity (Wildman–Crippen MR) is 26.8 cm³/mol. The molecule has 80 valence electrons. The largest absolute Gasteiger partial charge is 0.342 e. The van der Waals surface area contributed by atoms with Gasteiger partial charge in [0.15, 0.2) is 0 Å². The lowest BCUT2D eigenvalue weighted by atomic mass is 9.62. The van der Waals surface area contributed by atoms with Crippen LogP contribution in [0.3, 0.4) is 0 Å². The van der Waals surface area contributed by atoms with Crippen LogP contribution >= 0.6 is 0 Å². The number of alkyl halides is 8. The summed E-state index contributed by atoms with van der Waals surface area (Å²) in [5.41, 5.74) is -4.86. The molecular formula is C6F8.